The maximum absolute atomic E-state index is 12.8. The Labute approximate surface area is 157 Å². The Morgan fingerprint density at radius 1 is 1.00 bits per heavy atom. The van der Waals surface area contributed by atoms with E-state index < -0.39 is 16.2 Å². The second-order valence-corrected chi connectivity index (χ2v) is 8.68. The summed E-state index contributed by atoms with van der Waals surface area (Å²) in [5.74, 6) is -0.322. The molecule has 0 aliphatic carbocycles. The largest absolute Gasteiger partial charge is 0.349 e. The van der Waals surface area contributed by atoms with E-state index in [0.29, 0.717) is 10.5 Å². The summed E-state index contributed by atoms with van der Waals surface area (Å²) in [5.41, 5.74) is 0.808. The van der Waals surface area contributed by atoms with Crippen LogP contribution >= 0.6 is 0 Å². The molecule has 1 unspecified atom stereocenters. The van der Waals surface area contributed by atoms with Crippen LogP contribution in [-0.2, 0) is 15.6 Å². The van der Waals surface area contributed by atoms with Crippen LogP contribution in [0.5, 0.6) is 0 Å². The van der Waals surface area contributed by atoms with E-state index in [1.807, 2.05) is 45.9 Å². The van der Waals surface area contributed by atoms with Crippen LogP contribution in [0, 0.1) is 5.41 Å². The number of benzene rings is 2. The Hall–Kier alpha value is -2.27. The van der Waals surface area contributed by atoms with E-state index in [1.54, 1.807) is 36.4 Å². The Morgan fingerprint density at radius 2 is 1.58 bits per heavy atom. The molecule has 0 heterocycles. The second kappa shape index (κ2) is 8.41. The molecule has 0 radical (unpaired) electrons. The van der Waals surface area contributed by atoms with Gasteiger partial charge >= 0.3 is 0 Å². The molecule has 5 heteroatoms. The first-order valence-electron chi connectivity index (χ1n) is 8.56. The van der Waals surface area contributed by atoms with Crippen LogP contribution in [-0.4, -0.2) is 21.7 Å². The average molecular weight is 372 g/mol. The summed E-state index contributed by atoms with van der Waals surface area (Å²) in [4.78, 5) is 25.2. The molecular weight excluding hydrogens is 346 g/mol. The van der Waals surface area contributed by atoms with Gasteiger partial charge in [-0.1, -0.05) is 69.3 Å². The van der Waals surface area contributed by atoms with Crippen LogP contribution in [0.1, 0.15) is 49.7 Å². The van der Waals surface area contributed by atoms with Crippen molar-refractivity contribution in [2.75, 3.05) is 5.75 Å². The molecule has 2 aromatic rings. The first-order chi connectivity index (χ1) is 12.2. The first-order valence-corrected chi connectivity index (χ1v) is 9.88. The number of amides is 1. The predicted octanol–water partition coefficient (Wildman–Crippen LogP) is 3.90. The van der Waals surface area contributed by atoms with E-state index in [-0.39, 0.29) is 23.5 Å². The average Bonchev–Trinajstić information content (AvgIpc) is 2.61. The lowest BCUT2D eigenvalue weighted by Gasteiger charge is -2.23. The highest BCUT2D eigenvalue weighted by Crippen LogP contribution is 2.23. The summed E-state index contributed by atoms with van der Waals surface area (Å²) in [6.07, 6.45) is 0. The Kier molecular flexibility index (Phi) is 6.48. The number of nitrogens with one attached hydrogen (secondary N) is 1. The number of carbonyl (C=O) groups is 2. The normalized spacial score (nSPS) is 13.7. The van der Waals surface area contributed by atoms with Gasteiger partial charge in [-0.3, -0.25) is 13.8 Å². The third kappa shape index (κ3) is 5.11. The summed E-state index contributed by atoms with van der Waals surface area (Å²) in [5, 5.41) is 2.96. The van der Waals surface area contributed by atoms with Crippen LogP contribution in [0.15, 0.2) is 59.5 Å². The molecule has 0 bridgehead atoms. The van der Waals surface area contributed by atoms with Crippen molar-refractivity contribution in [3.05, 3.63) is 65.7 Å². The molecule has 0 fully saturated rings. The van der Waals surface area contributed by atoms with Crippen molar-refractivity contribution in [3.8, 4) is 0 Å². The van der Waals surface area contributed by atoms with Gasteiger partial charge in [-0.25, -0.2) is 0 Å². The minimum atomic E-state index is -1.48. The van der Waals surface area contributed by atoms with Gasteiger partial charge in [0.2, 0.25) is 5.91 Å². The standard InChI is InChI=1S/C21H25NO3S/c1-15(22-20(24)21(2,3)4)17-12-8-9-13-19(17)26(25)14-18(23)16-10-6-5-7-11-16/h5-13,15H,14H2,1-4H3,(H,22,24)/t15-,26?/m1/s1. The quantitative estimate of drug-likeness (QED) is 0.783. The van der Waals surface area contributed by atoms with Gasteiger partial charge in [0.05, 0.1) is 22.6 Å². The molecule has 138 valence electrons. The van der Waals surface area contributed by atoms with Gasteiger partial charge < -0.3 is 5.32 Å². The Balaban J connectivity index is 2.19. The smallest absolute Gasteiger partial charge is 0.225 e. The van der Waals surface area contributed by atoms with E-state index in [0.717, 1.165) is 5.56 Å². The Bertz CT molecular complexity index is 810. The summed E-state index contributed by atoms with van der Waals surface area (Å²) < 4.78 is 12.8. The van der Waals surface area contributed by atoms with Gasteiger partial charge in [0, 0.05) is 15.9 Å². The zero-order chi connectivity index (χ0) is 19.3. The highest BCUT2D eigenvalue weighted by molar-refractivity contribution is 7.85. The summed E-state index contributed by atoms with van der Waals surface area (Å²) >= 11 is 0. The van der Waals surface area contributed by atoms with Crippen molar-refractivity contribution in [1.82, 2.24) is 5.32 Å². The maximum Gasteiger partial charge on any atom is 0.225 e. The van der Waals surface area contributed by atoms with Gasteiger partial charge in [0.25, 0.3) is 0 Å². The van der Waals surface area contributed by atoms with Crippen molar-refractivity contribution < 1.29 is 13.8 Å². The monoisotopic (exact) mass is 371 g/mol. The van der Waals surface area contributed by atoms with Crippen LogP contribution in [0.3, 0.4) is 0 Å². The van der Waals surface area contributed by atoms with Gasteiger partial charge in [-0.15, -0.1) is 0 Å². The molecule has 2 rings (SSSR count). The third-order valence-electron chi connectivity index (χ3n) is 4.02. The van der Waals surface area contributed by atoms with Crippen molar-refractivity contribution >= 4 is 22.5 Å². The molecule has 0 saturated heterocycles. The number of rotatable bonds is 6. The lowest BCUT2D eigenvalue weighted by molar-refractivity contribution is -0.129. The van der Waals surface area contributed by atoms with Crippen LogP contribution in [0.25, 0.3) is 0 Å². The minimum Gasteiger partial charge on any atom is -0.349 e. The number of hydrogen-bond donors (Lipinski definition) is 1. The molecule has 0 aliphatic heterocycles. The Morgan fingerprint density at radius 3 is 2.19 bits per heavy atom. The number of Topliss-reactive ketones (excluding diaryl/α,β-unsaturated/α-hetero) is 1. The van der Waals surface area contributed by atoms with Crippen molar-refractivity contribution in [2.24, 2.45) is 5.41 Å². The fourth-order valence-electron chi connectivity index (χ4n) is 2.44. The molecule has 26 heavy (non-hydrogen) atoms. The fraction of sp³-hybridized carbons (Fsp3) is 0.333. The van der Waals surface area contributed by atoms with Crippen molar-refractivity contribution in [2.45, 2.75) is 38.6 Å². The van der Waals surface area contributed by atoms with E-state index in [4.69, 9.17) is 0 Å². The van der Waals surface area contributed by atoms with Gasteiger partial charge in [-0.2, -0.15) is 0 Å². The zero-order valence-corrected chi connectivity index (χ0v) is 16.4. The number of carbonyl (C=O) groups excluding carboxylic acids is 2. The van der Waals surface area contributed by atoms with Gasteiger partial charge in [0.1, 0.15) is 0 Å². The van der Waals surface area contributed by atoms with Crippen LogP contribution in [0.4, 0.5) is 0 Å². The lowest BCUT2D eigenvalue weighted by Crippen LogP contribution is -2.36. The molecule has 4 nitrogen and oxygen atoms in total. The molecule has 2 atom stereocenters. The third-order valence-corrected chi connectivity index (χ3v) is 5.40. The second-order valence-electron chi connectivity index (χ2n) is 7.26. The van der Waals surface area contributed by atoms with Crippen LogP contribution in [0.2, 0.25) is 0 Å². The molecule has 0 spiro atoms. The zero-order valence-electron chi connectivity index (χ0n) is 15.6. The summed E-state index contributed by atoms with van der Waals surface area (Å²) in [7, 11) is -1.48. The summed E-state index contributed by atoms with van der Waals surface area (Å²) in [6, 6.07) is 15.8. The van der Waals surface area contributed by atoms with Gasteiger partial charge in [0.15, 0.2) is 5.78 Å². The van der Waals surface area contributed by atoms with Crippen molar-refractivity contribution in [3.63, 3.8) is 0 Å². The highest BCUT2D eigenvalue weighted by Gasteiger charge is 2.25. The molecular formula is C21H25NO3S. The minimum absolute atomic E-state index is 0.0778. The fourth-order valence-corrected chi connectivity index (χ4v) is 3.74. The van der Waals surface area contributed by atoms with E-state index in [1.165, 1.54) is 0 Å². The first kappa shape index (κ1) is 20.0. The molecule has 0 aromatic heterocycles. The van der Waals surface area contributed by atoms with E-state index >= 15 is 0 Å². The van der Waals surface area contributed by atoms with Crippen LogP contribution < -0.4 is 5.32 Å². The SMILES string of the molecule is C[C@@H](NC(=O)C(C)(C)C)c1ccccc1S(=O)CC(=O)c1ccccc1. The van der Waals surface area contributed by atoms with E-state index in [2.05, 4.69) is 5.32 Å². The lowest BCUT2D eigenvalue weighted by atomic mass is 9.94. The topological polar surface area (TPSA) is 63.2 Å². The molecule has 0 saturated carbocycles. The highest BCUT2D eigenvalue weighted by atomic mass is 32.2. The number of ketones is 1. The van der Waals surface area contributed by atoms with Crippen molar-refractivity contribution in [1.29, 1.82) is 0 Å². The molecule has 2 aromatic carbocycles. The summed E-state index contributed by atoms with van der Waals surface area (Å²) in [6.45, 7) is 7.39. The predicted molar refractivity (Wildman–Crippen MR) is 105 cm³/mol. The molecule has 1 N–H and O–H groups in total. The molecule has 0 aliphatic rings. The van der Waals surface area contributed by atoms with E-state index in [9.17, 15) is 13.8 Å². The maximum atomic E-state index is 12.8. The molecule has 1 amide bonds. The van der Waals surface area contributed by atoms with Gasteiger partial charge in [-0.05, 0) is 18.6 Å². The number of hydrogen-bond acceptors (Lipinski definition) is 3.